The lowest BCUT2D eigenvalue weighted by molar-refractivity contribution is -0.130. The minimum absolute atomic E-state index is 0.0336. The number of nitrogens with zero attached hydrogens (tertiary/aromatic N) is 3. The van der Waals surface area contributed by atoms with Gasteiger partial charge in [0.2, 0.25) is 15.9 Å². The Morgan fingerprint density at radius 1 is 1.03 bits per heavy atom. The van der Waals surface area contributed by atoms with Gasteiger partial charge in [-0.05, 0) is 29.8 Å². The summed E-state index contributed by atoms with van der Waals surface area (Å²) in [4.78, 5) is 17.0. The fraction of sp³-hybridized carbons (Fsp3) is 0.435. The van der Waals surface area contributed by atoms with Crippen molar-refractivity contribution in [3.8, 4) is 5.75 Å². The van der Waals surface area contributed by atoms with Gasteiger partial charge in [0.1, 0.15) is 10.6 Å². The van der Waals surface area contributed by atoms with Gasteiger partial charge >= 0.3 is 0 Å². The number of carbonyl (C=O) groups excluding carboxylic acids is 1. The molecule has 178 valence electrons. The third-order valence-electron chi connectivity index (χ3n) is 6.00. The van der Waals surface area contributed by atoms with Crippen molar-refractivity contribution in [2.45, 2.75) is 11.3 Å². The summed E-state index contributed by atoms with van der Waals surface area (Å²) in [7, 11) is -2.30. The van der Waals surface area contributed by atoms with Crippen molar-refractivity contribution in [1.82, 2.24) is 9.21 Å². The van der Waals surface area contributed by atoms with Gasteiger partial charge in [-0.2, -0.15) is 4.31 Å². The summed E-state index contributed by atoms with van der Waals surface area (Å²) >= 11 is 6.30. The predicted molar refractivity (Wildman–Crippen MR) is 127 cm³/mol. The van der Waals surface area contributed by atoms with Crippen LogP contribution in [0, 0.1) is 0 Å². The van der Waals surface area contributed by atoms with Gasteiger partial charge in [-0.25, -0.2) is 8.42 Å². The molecule has 0 bridgehead atoms. The summed E-state index contributed by atoms with van der Waals surface area (Å²) < 4.78 is 38.4. The van der Waals surface area contributed by atoms with E-state index in [9.17, 15) is 13.2 Å². The fourth-order valence-electron chi connectivity index (χ4n) is 4.15. The molecule has 2 aliphatic heterocycles. The van der Waals surface area contributed by atoms with Crippen LogP contribution in [0.5, 0.6) is 5.75 Å². The van der Waals surface area contributed by atoms with E-state index in [2.05, 4.69) is 4.90 Å². The van der Waals surface area contributed by atoms with E-state index in [-0.39, 0.29) is 23.0 Å². The number of methoxy groups -OCH3 is 1. The highest BCUT2D eigenvalue weighted by Gasteiger charge is 2.30. The number of sulfonamides is 1. The number of morpholine rings is 1. The monoisotopic (exact) mass is 493 g/mol. The van der Waals surface area contributed by atoms with Crippen molar-refractivity contribution < 1.29 is 22.7 Å². The smallest absolute Gasteiger partial charge is 0.246 e. The molecule has 0 spiro atoms. The summed E-state index contributed by atoms with van der Waals surface area (Å²) in [6, 6.07) is 12.6. The molecule has 2 heterocycles. The van der Waals surface area contributed by atoms with Crippen molar-refractivity contribution in [1.29, 1.82) is 0 Å². The zero-order valence-electron chi connectivity index (χ0n) is 18.6. The van der Waals surface area contributed by atoms with E-state index in [1.54, 1.807) is 18.2 Å². The number of anilines is 1. The molecule has 1 amide bonds. The van der Waals surface area contributed by atoms with E-state index in [4.69, 9.17) is 21.1 Å². The van der Waals surface area contributed by atoms with E-state index in [1.807, 2.05) is 29.2 Å². The second-order valence-corrected chi connectivity index (χ2v) is 10.3. The highest BCUT2D eigenvalue weighted by atomic mass is 35.5. The Hall–Kier alpha value is -2.33. The Balaban J connectivity index is 1.44. The highest BCUT2D eigenvalue weighted by molar-refractivity contribution is 7.89. The number of hydrogen-bond acceptors (Lipinski definition) is 6. The molecule has 33 heavy (non-hydrogen) atoms. The minimum Gasteiger partial charge on any atom is -0.495 e. The Kier molecular flexibility index (Phi) is 7.43. The molecule has 10 heteroatoms. The number of rotatable bonds is 6. The molecule has 0 N–H and O–H groups in total. The molecule has 2 aliphatic rings. The minimum atomic E-state index is -3.75. The number of hydrogen-bond donors (Lipinski definition) is 0. The van der Waals surface area contributed by atoms with E-state index in [0.29, 0.717) is 63.1 Å². The van der Waals surface area contributed by atoms with E-state index >= 15 is 0 Å². The normalized spacial score (nSPS) is 17.8. The van der Waals surface area contributed by atoms with Crippen molar-refractivity contribution in [3.63, 3.8) is 0 Å². The number of halogens is 1. The number of para-hydroxylation sites is 1. The zero-order valence-corrected chi connectivity index (χ0v) is 20.1. The van der Waals surface area contributed by atoms with Crippen LogP contribution >= 0.6 is 11.6 Å². The topological polar surface area (TPSA) is 79.4 Å². The van der Waals surface area contributed by atoms with Crippen LogP contribution in [-0.4, -0.2) is 83.1 Å². The quantitative estimate of drug-likeness (QED) is 0.614. The maximum atomic E-state index is 13.2. The molecule has 0 aliphatic carbocycles. The molecule has 2 saturated heterocycles. The van der Waals surface area contributed by atoms with Crippen LogP contribution in [0.15, 0.2) is 47.4 Å². The van der Waals surface area contributed by atoms with E-state index in [1.165, 1.54) is 11.4 Å². The Morgan fingerprint density at radius 3 is 2.39 bits per heavy atom. The van der Waals surface area contributed by atoms with Crippen molar-refractivity contribution in [2.24, 2.45) is 0 Å². The second-order valence-electron chi connectivity index (χ2n) is 8.00. The molecule has 4 rings (SSSR count). The molecule has 0 unspecified atom stereocenters. The SMILES string of the molecule is COc1ccc(CC(=O)N2CCN(c3ccccc3Cl)CC2)cc1S(=O)(=O)N1CCOCC1. The molecule has 0 atom stereocenters. The van der Waals surface area contributed by atoms with Crippen LogP contribution in [0.1, 0.15) is 5.56 Å². The van der Waals surface area contributed by atoms with Crippen molar-refractivity contribution >= 4 is 33.2 Å². The average Bonchev–Trinajstić information content (AvgIpc) is 2.85. The fourth-order valence-corrected chi connectivity index (χ4v) is 6.02. The van der Waals surface area contributed by atoms with Gasteiger partial charge in [0.15, 0.2) is 0 Å². The summed E-state index contributed by atoms with van der Waals surface area (Å²) in [6.45, 7) is 3.86. The highest BCUT2D eigenvalue weighted by Crippen LogP contribution is 2.29. The van der Waals surface area contributed by atoms with Crippen LogP contribution in [0.3, 0.4) is 0 Å². The first-order valence-corrected chi connectivity index (χ1v) is 12.7. The Labute approximate surface area is 199 Å². The van der Waals surface area contributed by atoms with Crippen LogP contribution in [0.25, 0.3) is 0 Å². The molecule has 0 radical (unpaired) electrons. The average molecular weight is 494 g/mol. The van der Waals surface area contributed by atoms with Crippen molar-refractivity contribution in [3.05, 3.63) is 53.1 Å². The standard InChI is InChI=1S/C23H28ClN3O5S/c1-31-21-7-6-18(16-22(21)33(29,30)27-12-14-32-15-13-27)17-23(28)26-10-8-25(9-11-26)20-5-3-2-4-19(20)24/h2-7,16H,8-15,17H2,1H3. The summed E-state index contributed by atoms with van der Waals surface area (Å²) in [5.74, 6) is 0.236. The summed E-state index contributed by atoms with van der Waals surface area (Å²) in [6.07, 6.45) is 0.127. The van der Waals surface area contributed by atoms with E-state index < -0.39 is 10.0 Å². The van der Waals surface area contributed by atoms with Gasteiger partial charge in [-0.15, -0.1) is 0 Å². The first kappa shape index (κ1) is 23.8. The molecular formula is C23H28ClN3O5S. The first-order valence-electron chi connectivity index (χ1n) is 10.9. The maximum Gasteiger partial charge on any atom is 0.246 e. The second kappa shape index (κ2) is 10.3. The third-order valence-corrected chi connectivity index (χ3v) is 8.24. The van der Waals surface area contributed by atoms with Gasteiger partial charge in [0.25, 0.3) is 0 Å². The molecular weight excluding hydrogens is 466 g/mol. The Morgan fingerprint density at radius 2 is 1.73 bits per heavy atom. The number of carbonyl (C=O) groups is 1. The largest absolute Gasteiger partial charge is 0.495 e. The molecule has 2 aromatic rings. The number of ether oxygens (including phenoxy) is 2. The van der Waals surface area contributed by atoms with Gasteiger partial charge in [-0.1, -0.05) is 29.8 Å². The lowest BCUT2D eigenvalue weighted by Crippen LogP contribution is -2.49. The molecule has 2 fully saturated rings. The van der Waals surface area contributed by atoms with Crippen LogP contribution in [0.4, 0.5) is 5.69 Å². The van der Waals surface area contributed by atoms with Gasteiger partial charge in [0.05, 0.1) is 37.5 Å². The maximum absolute atomic E-state index is 13.2. The number of piperazine rings is 1. The molecule has 0 saturated carbocycles. The summed E-state index contributed by atoms with van der Waals surface area (Å²) in [5, 5.41) is 0.699. The van der Waals surface area contributed by atoms with Gasteiger partial charge in [-0.3, -0.25) is 4.79 Å². The zero-order chi connectivity index (χ0) is 23.4. The lowest BCUT2D eigenvalue weighted by atomic mass is 10.1. The number of amides is 1. The van der Waals surface area contributed by atoms with Crippen molar-refractivity contribution in [2.75, 3.05) is 64.5 Å². The molecule has 0 aromatic heterocycles. The molecule has 8 nitrogen and oxygen atoms in total. The van der Waals surface area contributed by atoms with Crippen LogP contribution in [0.2, 0.25) is 5.02 Å². The Bertz CT molecular complexity index is 1100. The van der Waals surface area contributed by atoms with E-state index in [0.717, 1.165) is 5.69 Å². The lowest BCUT2D eigenvalue weighted by Gasteiger charge is -2.36. The third kappa shape index (κ3) is 5.27. The van der Waals surface area contributed by atoms with Gasteiger partial charge in [0, 0.05) is 39.3 Å². The first-order chi connectivity index (χ1) is 15.9. The van der Waals surface area contributed by atoms with Crippen LogP contribution < -0.4 is 9.64 Å². The summed E-state index contributed by atoms with van der Waals surface area (Å²) in [5.41, 5.74) is 1.61. The van der Waals surface area contributed by atoms with Crippen LogP contribution in [-0.2, 0) is 26.0 Å². The van der Waals surface area contributed by atoms with Gasteiger partial charge < -0.3 is 19.3 Å². The molecule has 2 aromatic carbocycles. The number of benzene rings is 2. The predicted octanol–water partition coefficient (Wildman–Crippen LogP) is 2.26.